The summed E-state index contributed by atoms with van der Waals surface area (Å²) in [5, 5.41) is 12.2. The first-order chi connectivity index (χ1) is 7.11. The van der Waals surface area contributed by atoms with Crippen molar-refractivity contribution in [3.05, 3.63) is 21.3 Å². The molecule has 86 valence electrons. The highest BCUT2D eigenvalue weighted by Gasteiger charge is 2.07. The third kappa shape index (κ3) is 4.98. The average molecular weight is 248 g/mol. The van der Waals surface area contributed by atoms with E-state index in [9.17, 15) is 0 Å². The van der Waals surface area contributed by atoms with Gasteiger partial charge in [-0.25, -0.2) is 0 Å². The summed E-state index contributed by atoms with van der Waals surface area (Å²) in [6.45, 7) is 4.31. The summed E-state index contributed by atoms with van der Waals surface area (Å²) < 4.78 is 0.856. The molecule has 0 saturated carbocycles. The Bertz CT molecular complexity index is 290. The molecule has 2 N–H and O–H groups in total. The highest BCUT2D eigenvalue weighted by Crippen LogP contribution is 2.22. The second kappa shape index (κ2) is 6.48. The Morgan fingerprint density at radius 3 is 2.67 bits per heavy atom. The monoisotopic (exact) mass is 247 g/mol. The summed E-state index contributed by atoms with van der Waals surface area (Å²) in [7, 11) is 0. The number of nitrogens with one attached hydrogen (secondary N) is 1. The van der Waals surface area contributed by atoms with Crippen molar-refractivity contribution in [3.8, 4) is 0 Å². The van der Waals surface area contributed by atoms with E-state index in [4.69, 9.17) is 16.7 Å². The molecule has 1 rings (SSSR count). The number of aryl methyl sites for hydroxylation is 1. The lowest BCUT2D eigenvalue weighted by Gasteiger charge is -2.17. The number of aliphatic hydroxyl groups excluding tert-OH is 1. The summed E-state index contributed by atoms with van der Waals surface area (Å²) in [5.41, 5.74) is 0. The van der Waals surface area contributed by atoms with Gasteiger partial charge in [0.2, 0.25) is 0 Å². The molecule has 0 spiro atoms. The van der Waals surface area contributed by atoms with Crippen LogP contribution in [0.5, 0.6) is 0 Å². The maximum absolute atomic E-state index is 8.89. The normalized spacial score (nSPS) is 15.2. The van der Waals surface area contributed by atoms with Crippen molar-refractivity contribution >= 4 is 22.9 Å². The van der Waals surface area contributed by atoms with E-state index >= 15 is 0 Å². The van der Waals surface area contributed by atoms with E-state index in [2.05, 4.69) is 18.3 Å². The quantitative estimate of drug-likeness (QED) is 0.810. The van der Waals surface area contributed by atoms with Crippen molar-refractivity contribution in [3.63, 3.8) is 0 Å². The zero-order valence-electron chi connectivity index (χ0n) is 9.16. The fourth-order valence-electron chi connectivity index (χ4n) is 1.47. The van der Waals surface area contributed by atoms with Crippen molar-refractivity contribution in [2.24, 2.45) is 0 Å². The van der Waals surface area contributed by atoms with E-state index in [1.807, 2.05) is 13.0 Å². The van der Waals surface area contributed by atoms with Crippen LogP contribution in [-0.4, -0.2) is 23.8 Å². The highest BCUT2D eigenvalue weighted by atomic mass is 35.5. The van der Waals surface area contributed by atoms with Crippen molar-refractivity contribution in [1.29, 1.82) is 0 Å². The second-order valence-electron chi connectivity index (χ2n) is 3.90. The lowest BCUT2D eigenvalue weighted by molar-refractivity contribution is 0.241. The third-order valence-electron chi connectivity index (χ3n) is 2.30. The maximum atomic E-state index is 8.89. The van der Waals surface area contributed by atoms with Gasteiger partial charge in [-0.15, -0.1) is 11.3 Å². The standard InChI is InChI=1S/C11H18ClNOS/c1-8(13-9(2)7-14)3-4-10-5-6-11(12)15-10/h5-6,8-9,13-14H,3-4,7H2,1-2H3/t8?,9-/m0/s1. The minimum atomic E-state index is 0.173. The van der Waals surface area contributed by atoms with Gasteiger partial charge in [0.05, 0.1) is 10.9 Å². The number of rotatable bonds is 6. The minimum absolute atomic E-state index is 0.173. The van der Waals surface area contributed by atoms with Gasteiger partial charge in [-0.2, -0.15) is 0 Å². The van der Waals surface area contributed by atoms with Gasteiger partial charge in [0, 0.05) is 17.0 Å². The molecule has 0 aromatic carbocycles. The molecular formula is C11H18ClNOS. The fraction of sp³-hybridized carbons (Fsp3) is 0.636. The van der Waals surface area contributed by atoms with Gasteiger partial charge in [0.25, 0.3) is 0 Å². The Balaban J connectivity index is 2.25. The number of thiophene rings is 1. The van der Waals surface area contributed by atoms with Gasteiger partial charge in [0.15, 0.2) is 0 Å². The van der Waals surface area contributed by atoms with Crippen LogP contribution in [0.15, 0.2) is 12.1 Å². The first kappa shape index (κ1) is 13.0. The number of aliphatic hydroxyl groups is 1. The van der Waals surface area contributed by atoms with Gasteiger partial charge in [-0.05, 0) is 38.8 Å². The number of halogens is 1. The Kier molecular flexibility index (Phi) is 5.61. The summed E-state index contributed by atoms with van der Waals surface area (Å²) >= 11 is 7.49. The van der Waals surface area contributed by atoms with Gasteiger partial charge in [0.1, 0.15) is 0 Å². The van der Waals surface area contributed by atoms with Crippen LogP contribution in [0.4, 0.5) is 0 Å². The molecule has 0 bridgehead atoms. The van der Waals surface area contributed by atoms with Crippen LogP contribution >= 0.6 is 22.9 Å². The molecule has 2 atom stereocenters. The van der Waals surface area contributed by atoms with Gasteiger partial charge in [-0.3, -0.25) is 0 Å². The molecule has 0 saturated heterocycles. The fourth-order valence-corrected chi connectivity index (χ4v) is 2.57. The molecule has 1 aromatic heterocycles. The number of hydrogen-bond donors (Lipinski definition) is 2. The number of hydrogen-bond acceptors (Lipinski definition) is 3. The van der Waals surface area contributed by atoms with Crippen LogP contribution in [0.3, 0.4) is 0 Å². The Morgan fingerprint density at radius 1 is 1.40 bits per heavy atom. The predicted molar refractivity (Wildman–Crippen MR) is 66.8 cm³/mol. The topological polar surface area (TPSA) is 32.3 Å². The maximum Gasteiger partial charge on any atom is 0.0931 e. The molecule has 1 unspecified atom stereocenters. The molecule has 0 amide bonds. The van der Waals surface area contributed by atoms with E-state index in [0.717, 1.165) is 17.2 Å². The lowest BCUT2D eigenvalue weighted by Crippen LogP contribution is -2.36. The van der Waals surface area contributed by atoms with Gasteiger partial charge >= 0.3 is 0 Å². The van der Waals surface area contributed by atoms with Gasteiger partial charge in [-0.1, -0.05) is 11.6 Å². The van der Waals surface area contributed by atoms with E-state index in [1.165, 1.54) is 4.88 Å². The lowest BCUT2D eigenvalue weighted by atomic mass is 10.1. The molecule has 2 nitrogen and oxygen atoms in total. The van der Waals surface area contributed by atoms with Crippen LogP contribution in [0, 0.1) is 0 Å². The SMILES string of the molecule is CC(CCc1ccc(Cl)s1)N[C@@H](C)CO. The predicted octanol–water partition coefficient (Wildman–Crippen LogP) is 2.69. The van der Waals surface area contributed by atoms with Crippen molar-refractivity contribution in [1.82, 2.24) is 5.32 Å². The average Bonchev–Trinajstić information content (AvgIpc) is 2.61. The molecule has 1 aromatic rings. The largest absolute Gasteiger partial charge is 0.395 e. The summed E-state index contributed by atoms with van der Waals surface area (Å²) in [6.07, 6.45) is 2.12. The van der Waals surface area contributed by atoms with E-state index < -0.39 is 0 Å². The zero-order valence-corrected chi connectivity index (χ0v) is 10.7. The first-order valence-corrected chi connectivity index (χ1v) is 6.42. The Morgan fingerprint density at radius 2 is 2.13 bits per heavy atom. The zero-order chi connectivity index (χ0) is 11.3. The van der Waals surface area contributed by atoms with Crippen LogP contribution in [0.2, 0.25) is 4.34 Å². The molecular weight excluding hydrogens is 230 g/mol. The summed E-state index contributed by atoms with van der Waals surface area (Å²) in [4.78, 5) is 1.32. The van der Waals surface area contributed by atoms with Crippen LogP contribution in [0.1, 0.15) is 25.1 Å². The highest BCUT2D eigenvalue weighted by molar-refractivity contribution is 7.16. The van der Waals surface area contributed by atoms with Crippen LogP contribution < -0.4 is 5.32 Å². The Hall–Kier alpha value is -0.0900. The molecule has 4 heteroatoms. The molecule has 0 fully saturated rings. The first-order valence-electron chi connectivity index (χ1n) is 5.23. The third-order valence-corrected chi connectivity index (χ3v) is 3.59. The van der Waals surface area contributed by atoms with Crippen molar-refractivity contribution in [2.45, 2.75) is 38.8 Å². The van der Waals surface area contributed by atoms with Gasteiger partial charge < -0.3 is 10.4 Å². The summed E-state index contributed by atoms with van der Waals surface area (Å²) in [5.74, 6) is 0. The second-order valence-corrected chi connectivity index (χ2v) is 5.70. The van der Waals surface area contributed by atoms with E-state index in [0.29, 0.717) is 6.04 Å². The molecule has 0 aliphatic heterocycles. The van der Waals surface area contributed by atoms with Crippen molar-refractivity contribution < 1.29 is 5.11 Å². The molecule has 15 heavy (non-hydrogen) atoms. The smallest absolute Gasteiger partial charge is 0.0931 e. The molecule has 0 radical (unpaired) electrons. The molecule has 0 aliphatic rings. The van der Waals surface area contributed by atoms with Crippen molar-refractivity contribution in [2.75, 3.05) is 6.61 Å². The van der Waals surface area contributed by atoms with Crippen LogP contribution in [-0.2, 0) is 6.42 Å². The molecule has 1 heterocycles. The molecule has 0 aliphatic carbocycles. The Labute approximate surface area is 100 Å². The van der Waals surface area contributed by atoms with E-state index in [1.54, 1.807) is 11.3 Å². The summed E-state index contributed by atoms with van der Waals surface area (Å²) in [6, 6.07) is 4.62. The minimum Gasteiger partial charge on any atom is -0.395 e. The van der Waals surface area contributed by atoms with Crippen LogP contribution in [0.25, 0.3) is 0 Å². The van der Waals surface area contributed by atoms with E-state index in [-0.39, 0.29) is 12.6 Å².